The molecule has 0 fully saturated rings. The summed E-state index contributed by atoms with van der Waals surface area (Å²) in [7, 11) is 0. The lowest BCUT2D eigenvalue weighted by molar-refractivity contribution is 0.0935. The average molecular weight is 303 g/mol. The molecule has 21 heavy (non-hydrogen) atoms. The molecule has 3 rings (SSSR count). The molecule has 2 N–H and O–H groups in total. The van der Waals surface area contributed by atoms with Crippen LogP contribution in [0.15, 0.2) is 41.0 Å². The van der Waals surface area contributed by atoms with Gasteiger partial charge in [-0.25, -0.2) is 4.98 Å². The Kier molecular flexibility index (Phi) is 3.74. The highest BCUT2D eigenvalue weighted by Gasteiger charge is 2.09. The van der Waals surface area contributed by atoms with E-state index in [2.05, 4.69) is 15.8 Å². The topological polar surface area (TPSA) is 76.4 Å². The predicted molar refractivity (Wildman–Crippen MR) is 80.6 cm³/mol. The van der Waals surface area contributed by atoms with Gasteiger partial charge in [0.2, 0.25) is 5.13 Å². The number of hydrogen-bond donors (Lipinski definition) is 2. The summed E-state index contributed by atoms with van der Waals surface area (Å²) >= 11 is 1.43. The number of hydrogen-bond acceptors (Lipinski definition) is 6. The van der Waals surface area contributed by atoms with Crippen LogP contribution in [0.2, 0.25) is 0 Å². The van der Waals surface area contributed by atoms with E-state index < -0.39 is 0 Å². The molecule has 0 spiro atoms. The van der Waals surface area contributed by atoms with Crippen molar-refractivity contribution in [2.24, 2.45) is 0 Å². The minimum absolute atomic E-state index is 0.238. The number of furan rings is 1. The summed E-state index contributed by atoms with van der Waals surface area (Å²) in [5, 5.41) is 0.596. The largest absolute Gasteiger partial charge is 0.494 e. The van der Waals surface area contributed by atoms with Gasteiger partial charge in [-0.2, -0.15) is 0 Å². The molecule has 2 aromatic heterocycles. The molecule has 0 unspecified atom stereocenters. The van der Waals surface area contributed by atoms with Gasteiger partial charge >= 0.3 is 5.91 Å². The molecular weight excluding hydrogens is 290 g/mol. The van der Waals surface area contributed by atoms with E-state index in [0.717, 1.165) is 16.0 Å². The standard InChI is InChI=1S/C14H13N3O3S/c1-2-19-9-5-6-10-12(8-9)21-14(15-10)17-16-13(18)11-4-3-7-20-11/h3-8H,2H2,1H3,(H,15,17)(H,16,18). The van der Waals surface area contributed by atoms with Crippen molar-refractivity contribution < 1.29 is 13.9 Å². The molecule has 0 saturated heterocycles. The molecule has 7 heteroatoms. The van der Waals surface area contributed by atoms with Gasteiger partial charge < -0.3 is 9.15 Å². The number of carbonyl (C=O) groups is 1. The van der Waals surface area contributed by atoms with Gasteiger partial charge in [-0.15, -0.1) is 0 Å². The first-order chi connectivity index (χ1) is 10.3. The maximum atomic E-state index is 11.7. The van der Waals surface area contributed by atoms with Crippen LogP contribution in [-0.4, -0.2) is 17.5 Å². The number of nitrogens with one attached hydrogen (secondary N) is 2. The third-order valence-electron chi connectivity index (χ3n) is 2.70. The fourth-order valence-corrected chi connectivity index (χ4v) is 2.64. The van der Waals surface area contributed by atoms with Crippen LogP contribution in [0.4, 0.5) is 5.13 Å². The fourth-order valence-electron chi connectivity index (χ4n) is 1.79. The number of ether oxygens (including phenoxy) is 1. The van der Waals surface area contributed by atoms with E-state index in [1.165, 1.54) is 17.6 Å². The van der Waals surface area contributed by atoms with Gasteiger partial charge in [-0.3, -0.25) is 15.6 Å². The lowest BCUT2D eigenvalue weighted by atomic mass is 10.3. The highest BCUT2D eigenvalue weighted by atomic mass is 32.1. The molecule has 0 saturated carbocycles. The summed E-state index contributed by atoms with van der Waals surface area (Å²) in [4.78, 5) is 16.1. The molecule has 0 bridgehead atoms. The highest BCUT2D eigenvalue weighted by Crippen LogP contribution is 2.28. The lowest BCUT2D eigenvalue weighted by Crippen LogP contribution is -2.28. The Morgan fingerprint density at radius 1 is 1.43 bits per heavy atom. The van der Waals surface area contributed by atoms with Crippen molar-refractivity contribution >= 4 is 32.6 Å². The second-order valence-electron chi connectivity index (χ2n) is 4.14. The predicted octanol–water partition coefficient (Wildman–Crippen LogP) is 3.04. The van der Waals surface area contributed by atoms with Gasteiger partial charge in [0, 0.05) is 0 Å². The van der Waals surface area contributed by atoms with Crippen LogP contribution in [0.3, 0.4) is 0 Å². The third kappa shape index (κ3) is 2.97. The number of anilines is 1. The van der Waals surface area contributed by atoms with Gasteiger partial charge in [0.1, 0.15) is 5.75 Å². The second-order valence-corrected chi connectivity index (χ2v) is 5.17. The number of rotatable bonds is 5. The summed E-state index contributed by atoms with van der Waals surface area (Å²) in [5.41, 5.74) is 6.16. The van der Waals surface area contributed by atoms with Crippen molar-refractivity contribution in [1.29, 1.82) is 0 Å². The zero-order valence-electron chi connectivity index (χ0n) is 11.3. The van der Waals surface area contributed by atoms with E-state index >= 15 is 0 Å². The van der Waals surface area contributed by atoms with Crippen LogP contribution in [-0.2, 0) is 0 Å². The average Bonchev–Trinajstić information content (AvgIpc) is 3.13. The van der Waals surface area contributed by atoms with E-state index in [-0.39, 0.29) is 11.7 Å². The van der Waals surface area contributed by atoms with Crippen LogP contribution < -0.4 is 15.6 Å². The van der Waals surface area contributed by atoms with Crippen LogP contribution in [0.5, 0.6) is 5.75 Å². The maximum absolute atomic E-state index is 11.7. The number of fused-ring (bicyclic) bond motifs is 1. The van der Waals surface area contributed by atoms with E-state index in [1.807, 2.05) is 25.1 Å². The molecule has 0 aliphatic heterocycles. The van der Waals surface area contributed by atoms with Crippen molar-refractivity contribution in [3.05, 3.63) is 42.4 Å². The second kappa shape index (κ2) is 5.84. The fraction of sp³-hybridized carbons (Fsp3) is 0.143. The number of carbonyl (C=O) groups excluding carboxylic acids is 1. The zero-order valence-corrected chi connectivity index (χ0v) is 12.1. The summed E-state index contributed by atoms with van der Waals surface area (Å²) in [6.07, 6.45) is 1.45. The van der Waals surface area contributed by atoms with Gasteiger partial charge in [-0.1, -0.05) is 11.3 Å². The Morgan fingerprint density at radius 3 is 3.10 bits per heavy atom. The molecule has 0 atom stereocenters. The van der Waals surface area contributed by atoms with Crippen molar-refractivity contribution in [3.63, 3.8) is 0 Å². The third-order valence-corrected chi connectivity index (χ3v) is 3.63. The first-order valence-electron chi connectivity index (χ1n) is 6.39. The van der Waals surface area contributed by atoms with Crippen molar-refractivity contribution in [3.8, 4) is 5.75 Å². The molecule has 108 valence electrons. The Labute approximate surface area is 124 Å². The van der Waals surface area contributed by atoms with E-state index in [9.17, 15) is 4.79 Å². The molecular formula is C14H13N3O3S. The molecule has 3 aromatic rings. The highest BCUT2D eigenvalue weighted by molar-refractivity contribution is 7.22. The van der Waals surface area contributed by atoms with E-state index in [0.29, 0.717) is 11.7 Å². The quantitative estimate of drug-likeness (QED) is 0.708. The van der Waals surface area contributed by atoms with Crippen LogP contribution in [0.25, 0.3) is 10.2 Å². The lowest BCUT2D eigenvalue weighted by Gasteiger charge is -2.02. The minimum Gasteiger partial charge on any atom is -0.494 e. The molecule has 1 amide bonds. The molecule has 0 radical (unpaired) electrons. The van der Waals surface area contributed by atoms with Crippen molar-refractivity contribution in [2.45, 2.75) is 6.92 Å². The first-order valence-corrected chi connectivity index (χ1v) is 7.21. The summed E-state index contributed by atoms with van der Waals surface area (Å²) in [6, 6.07) is 8.93. The minimum atomic E-state index is -0.353. The summed E-state index contributed by atoms with van der Waals surface area (Å²) < 4.78 is 11.4. The maximum Gasteiger partial charge on any atom is 0.305 e. The Hall–Kier alpha value is -2.54. The summed E-state index contributed by atoms with van der Waals surface area (Å²) in [6.45, 7) is 2.56. The molecule has 0 aliphatic carbocycles. The van der Waals surface area contributed by atoms with Gasteiger partial charge in [0.05, 0.1) is 23.1 Å². The number of amides is 1. The van der Waals surface area contributed by atoms with Crippen molar-refractivity contribution in [1.82, 2.24) is 10.4 Å². The number of thiazole rings is 1. The van der Waals surface area contributed by atoms with Crippen LogP contribution >= 0.6 is 11.3 Å². The van der Waals surface area contributed by atoms with Gasteiger partial charge in [-0.05, 0) is 37.3 Å². The monoisotopic (exact) mass is 303 g/mol. The molecule has 2 heterocycles. The van der Waals surface area contributed by atoms with Gasteiger partial charge in [0.25, 0.3) is 0 Å². The molecule has 0 aliphatic rings. The van der Waals surface area contributed by atoms with Gasteiger partial charge in [0.15, 0.2) is 5.76 Å². The number of hydrazine groups is 1. The van der Waals surface area contributed by atoms with Crippen LogP contribution in [0.1, 0.15) is 17.5 Å². The zero-order chi connectivity index (χ0) is 14.7. The first kappa shape index (κ1) is 13.4. The molecule has 6 nitrogen and oxygen atoms in total. The van der Waals surface area contributed by atoms with Crippen molar-refractivity contribution in [2.75, 3.05) is 12.0 Å². The van der Waals surface area contributed by atoms with E-state index in [1.54, 1.807) is 12.1 Å². The number of aromatic nitrogens is 1. The SMILES string of the molecule is CCOc1ccc2nc(NNC(=O)c3ccco3)sc2c1. The smallest absolute Gasteiger partial charge is 0.305 e. The van der Waals surface area contributed by atoms with Crippen LogP contribution in [0, 0.1) is 0 Å². The Morgan fingerprint density at radius 2 is 2.33 bits per heavy atom. The normalized spacial score (nSPS) is 10.5. The Balaban J connectivity index is 1.71. The number of benzene rings is 1. The molecule has 1 aromatic carbocycles. The number of nitrogens with zero attached hydrogens (tertiary/aromatic N) is 1. The summed E-state index contributed by atoms with van der Waals surface area (Å²) in [5.74, 6) is 0.691. The Bertz CT molecular complexity index is 752. The van der Waals surface area contributed by atoms with E-state index in [4.69, 9.17) is 9.15 Å².